The van der Waals surface area contributed by atoms with Gasteiger partial charge in [0, 0.05) is 31.7 Å². The molecule has 0 radical (unpaired) electrons. The largest absolute Gasteiger partial charge is 0.339 e. The second-order valence-electron chi connectivity index (χ2n) is 9.99. The molecule has 1 aliphatic rings. The molecule has 4 aromatic rings. The Labute approximate surface area is 232 Å². The molecule has 8 heteroatoms. The molecular formula is C32H32N4O4. The molecule has 8 nitrogen and oxygen atoms in total. The topological polar surface area (TPSA) is 93.4 Å². The van der Waals surface area contributed by atoms with Gasteiger partial charge in [0.25, 0.3) is 5.56 Å². The zero-order valence-corrected chi connectivity index (χ0v) is 22.5. The highest BCUT2D eigenvalue weighted by molar-refractivity contribution is 5.92. The molecule has 1 N–H and O–H groups in total. The van der Waals surface area contributed by atoms with Crippen molar-refractivity contribution >= 4 is 34.0 Å². The number of benzene rings is 3. The summed E-state index contributed by atoms with van der Waals surface area (Å²) in [6, 6.07) is 24.3. The van der Waals surface area contributed by atoms with Crippen LogP contribution < -0.4 is 16.6 Å². The number of fused-ring (bicyclic) bond motifs is 1. The molecule has 0 unspecified atom stereocenters. The van der Waals surface area contributed by atoms with Gasteiger partial charge in [0.15, 0.2) is 0 Å². The Morgan fingerprint density at radius 2 is 1.60 bits per heavy atom. The van der Waals surface area contributed by atoms with E-state index in [0.717, 1.165) is 16.6 Å². The van der Waals surface area contributed by atoms with E-state index < -0.39 is 11.2 Å². The Hall–Kier alpha value is -4.72. The summed E-state index contributed by atoms with van der Waals surface area (Å²) in [5.74, 6) is -0.370. The van der Waals surface area contributed by atoms with Crippen molar-refractivity contribution in [3.8, 4) is 0 Å². The van der Waals surface area contributed by atoms with E-state index in [1.165, 1.54) is 15.7 Å². The quantitative estimate of drug-likeness (QED) is 0.365. The third-order valence-electron chi connectivity index (χ3n) is 7.33. The molecule has 3 aromatic carbocycles. The van der Waals surface area contributed by atoms with E-state index in [1.807, 2.05) is 48.2 Å². The summed E-state index contributed by atoms with van der Waals surface area (Å²) in [7, 11) is 0. The van der Waals surface area contributed by atoms with E-state index in [9.17, 15) is 19.2 Å². The first kappa shape index (κ1) is 26.9. The summed E-state index contributed by atoms with van der Waals surface area (Å²) in [6.07, 6.45) is 3.44. The van der Waals surface area contributed by atoms with Crippen molar-refractivity contribution in [1.29, 1.82) is 0 Å². The number of aryl methyl sites for hydroxylation is 1. The predicted octanol–water partition coefficient (Wildman–Crippen LogP) is 4.21. The van der Waals surface area contributed by atoms with Crippen LogP contribution in [-0.4, -0.2) is 38.9 Å². The molecule has 0 atom stereocenters. The summed E-state index contributed by atoms with van der Waals surface area (Å²) in [4.78, 5) is 54.3. The van der Waals surface area contributed by atoms with Crippen molar-refractivity contribution in [3.63, 3.8) is 0 Å². The summed E-state index contributed by atoms with van der Waals surface area (Å²) in [6.45, 7) is 2.92. The lowest BCUT2D eigenvalue weighted by molar-refractivity contribution is -0.130. The molecule has 5 rings (SSSR count). The maximum absolute atomic E-state index is 13.4. The summed E-state index contributed by atoms with van der Waals surface area (Å²) < 4.78 is 2.47. The fraction of sp³-hybridized carbons (Fsp3) is 0.250. The second kappa shape index (κ2) is 12.0. The number of rotatable bonds is 8. The number of carbonyl (C=O) groups excluding carboxylic acids is 2. The Bertz CT molecular complexity index is 1700. The van der Waals surface area contributed by atoms with Gasteiger partial charge in [-0.05, 0) is 54.7 Å². The Morgan fingerprint density at radius 1 is 0.875 bits per heavy atom. The van der Waals surface area contributed by atoms with Gasteiger partial charge in [-0.25, -0.2) is 4.79 Å². The molecule has 0 bridgehead atoms. The number of nitrogens with one attached hydrogen (secondary N) is 1. The number of anilines is 1. The molecule has 1 aliphatic heterocycles. The number of hydrogen-bond donors (Lipinski definition) is 1. The SMILES string of the molecule is Cc1ccccc1NC(=O)Cn1c(=O)n(CCCC(=O)N2CC=C(c3ccccc3)CC2)c(=O)c2ccccc21. The molecule has 2 heterocycles. The van der Waals surface area contributed by atoms with Crippen LogP contribution in [0.4, 0.5) is 5.69 Å². The average molecular weight is 537 g/mol. The molecule has 0 spiro atoms. The van der Waals surface area contributed by atoms with Crippen LogP contribution >= 0.6 is 0 Å². The molecule has 0 fully saturated rings. The van der Waals surface area contributed by atoms with E-state index in [1.54, 1.807) is 30.3 Å². The van der Waals surface area contributed by atoms with Crippen LogP contribution in [0, 0.1) is 6.92 Å². The highest BCUT2D eigenvalue weighted by Gasteiger charge is 2.19. The molecule has 2 amide bonds. The predicted molar refractivity (Wildman–Crippen MR) is 157 cm³/mol. The van der Waals surface area contributed by atoms with Crippen molar-refractivity contribution in [2.75, 3.05) is 18.4 Å². The number of carbonyl (C=O) groups is 2. The van der Waals surface area contributed by atoms with Gasteiger partial charge in [-0.1, -0.05) is 66.7 Å². The van der Waals surface area contributed by atoms with Crippen LogP contribution in [0.2, 0.25) is 0 Å². The third-order valence-corrected chi connectivity index (χ3v) is 7.33. The van der Waals surface area contributed by atoms with E-state index in [-0.39, 0.29) is 31.3 Å². The first-order valence-corrected chi connectivity index (χ1v) is 13.5. The van der Waals surface area contributed by atoms with Gasteiger partial charge in [-0.3, -0.25) is 23.5 Å². The molecule has 0 saturated carbocycles. The zero-order valence-electron chi connectivity index (χ0n) is 22.5. The Kier molecular flexibility index (Phi) is 8.05. The van der Waals surface area contributed by atoms with Crippen molar-refractivity contribution in [2.24, 2.45) is 0 Å². The highest BCUT2D eigenvalue weighted by atomic mass is 16.2. The van der Waals surface area contributed by atoms with Gasteiger partial charge < -0.3 is 10.2 Å². The molecule has 0 aliphatic carbocycles. The Morgan fingerprint density at radius 3 is 2.35 bits per heavy atom. The summed E-state index contributed by atoms with van der Waals surface area (Å²) >= 11 is 0. The molecule has 1 aromatic heterocycles. The highest BCUT2D eigenvalue weighted by Crippen LogP contribution is 2.22. The van der Waals surface area contributed by atoms with Crippen LogP contribution in [0.1, 0.15) is 30.4 Å². The van der Waals surface area contributed by atoms with Crippen LogP contribution in [0.15, 0.2) is 94.5 Å². The zero-order chi connectivity index (χ0) is 28.1. The van der Waals surface area contributed by atoms with Crippen LogP contribution in [-0.2, 0) is 22.7 Å². The van der Waals surface area contributed by atoms with Crippen LogP contribution in [0.25, 0.3) is 16.5 Å². The number of aromatic nitrogens is 2. The van der Waals surface area contributed by atoms with Crippen molar-refractivity contribution in [3.05, 3.63) is 117 Å². The van der Waals surface area contributed by atoms with E-state index in [4.69, 9.17) is 0 Å². The van der Waals surface area contributed by atoms with Crippen molar-refractivity contribution in [1.82, 2.24) is 14.0 Å². The lowest BCUT2D eigenvalue weighted by atomic mass is 9.99. The smallest absolute Gasteiger partial charge is 0.331 e. The third kappa shape index (κ3) is 5.81. The lowest BCUT2D eigenvalue weighted by Gasteiger charge is -2.27. The van der Waals surface area contributed by atoms with E-state index in [2.05, 4.69) is 23.5 Å². The Balaban J connectivity index is 1.29. The average Bonchev–Trinajstić information content (AvgIpc) is 2.98. The van der Waals surface area contributed by atoms with Crippen LogP contribution in [0.3, 0.4) is 0 Å². The number of para-hydroxylation sites is 2. The second-order valence-corrected chi connectivity index (χ2v) is 9.99. The first-order chi connectivity index (χ1) is 19.4. The molecule has 40 heavy (non-hydrogen) atoms. The van der Waals surface area contributed by atoms with Gasteiger partial charge in [0.2, 0.25) is 11.8 Å². The minimum Gasteiger partial charge on any atom is -0.339 e. The van der Waals surface area contributed by atoms with Crippen molar-refractivity contribution < 1.29 is 9.59 Å². The first-order valence-electron chi connectivity index (χ1n) is 13.5. The van der Waals surface area contributed by atoms with E-state index >= 15 is 0 Å². The fourth-order valence-corrected chi connectivity index (χ4v) is 5.12. The lowest BCUT2D eigenvalue weighted by Crippen LogP contribution is -2.42. The number of amides is 2. The fourth-order valence-electron chi connectivity index (χ4n) is 5.12. The standard InChI is InChI=1S/C32H32N4O4/c1-23-10-5-7-14-27(23)33-29(37)22-36-28-15-8-6-13-26(28)31(39)35(32(36)40)19-9-16-30(38)34-20-17-25(18-21-34)24-11-3-2-4-12-24/h2-8,10-15,17H,9,16,18-22H2,1H3,(H,33,37). The monoisotopic (exact) mass is 536 g/mol. The van der Waals surface area contributed by atoms with E-state index in [0.29, 0.717) is 36.1 Å². The minimum absolute atomic E-state index is 0.00451. The maximum atomic E-state index is 13.4. The van der Waals surface area contributed by atoms with Crippen LogP contribution in [0.5, 0.6) is 0 Å². The minimum atomic E-state index is -0.565. The maximum Gasteiger partial charge on any atom is 0.331 e. The number of hydrogen-bond acceptors (Lipinski definition) is 4. The van der Waals surface area contributed by atoms with Gasteiger partial charge in [-0.15, -0.1) is 0 Å². The molecular weight excluding hydrogens is 504 g/mol. The van der Waals surface area contributed by atoms with Gasteiger partial charge in [0.1, 0.15) is 6.54 Å². The molecule has 0 saturated heterocycles. The van der Waals surface area contributed by atoms with Gasteiger partial charge >= 0.3 is 5.69 Å². The number of nitrogens with zero attached hydrogens (tertiary/aromatic N) is 3. The normalized spacial score (nSPS) is 13.2. The summed E-state index contributed by atoms with van der Waals surface area (Å²) in [5, 5.41) is 3.21. The van der Waals surface area contributed by atoms with Gasteiger partial charge in [0.05, 0.1) is 10.9 Å². The van der Waals surface area contributed by atoms with Crippen molar-refractivity contribution in [2.45, 2.75) is 39.3 Å². The van der Waals surface area contributed by atoms with Gasteiger partial charge in [-0.2, -0.15) is 0 Å². The summed E-state index contributed by atoms with van der Waals surface area (Å²) in [5.41, 5.74) is 3.40. The molecule has 204 valence electrons.